The van der Waals surface area contributed by atoms with Crippen molar-refractivity contribution in [1.82, 2.24) is 0 Å². The summed E-state index contributed by atoms with van der Waals surface area (Å²) in [7, 11) is 0. The molecule has 0 spiro atoms. The van der Waals surface area contributed by atoms with Crippen LogP contribution in [0.2, 0.25) is 5.02 Å². The Morgan fingerprint density at radius 1 is 1.21 bits per heavy atom. The van der Waals surface area contributed by atoms with Crippen molar-refractivity contribution in [1.29, 1.82) is 5.26 Å². The Hall–Kier alpha value is -2.05. The molecule has 0 saturated heterocycles. The van der Waals surface area contributed by atoms with Gasteiger partial charge in [-0.25, -0.2) is 4.39 Å². The predicted molar refractivity (Wildman–Crippen MR) is 74.4 cm³/mol. The van der Waals surface area contributed by atoms with E-state index < -0.39 is 5.82 Å². The Bertz CT molecular complexity index is 593. The van der Waals surface area contributed by atoms with Gasteiger partial charge in [-0.1, -0.05) is 41.9 Å². The second kappa shape index (κ2) is 6.21. The highest BCUT2D eigenvalue weighted by molar-refractivity contribution is 6.31. The Morgan fingerprint density at radius 3 is 2.58 bits per heavy atom. The lowest BCUT2D eigenvalue weighted by molar-refractivity contribution is 0.628. The molecule has 0 saturated carbocycles. The van der Waals surface area contributed by atoms with Gasteiger partial charge in [0.25, 0.3) is 0 Å². The molecule has 2 aromatic carbocycles. The predicted octanol–water partition coefficient (Wildman–Crippen LogP) is 4.55. The van der Waals surface area contributed by atoms with Gasteiger partial charge < -0.3 is 5.32 Å². The minimum Gasteiger partial charge on any atom is -0.377 e. The van der Waals surface area contributed by atoms with Crippen LogP contribution in [0.1, 0.15) is 18.0 Å². The van der Waals surface area contributed by atoms with E-state index in [1.165, 1.54) is 12.1 Å². The molecule has 2 aromatic rings. The molecule has 1 unspecified atom stereocenters. The van der Waals surface area contributed by atoms with Crippen molar-refractivity contribution in [3.8, 4) is 6.07 Å². The maximum absolute atomic E-state index is 13.1. The normalized spacial score (nSPS) is 11.6. The van der Waals surface area contributed by atoms with Crippen LogP contribution in [-0.4, -0.2) is 0 Å². The van der Waals surface area contributed by atoms with E-state index >= 15 is 0 Å². The minimum absolute atomic E-state index is 0.0637. The van der Waals surface area contributed by atoms with E-state index in [4.69, 9.17) is 16.9 Å². The summed E-state index contributed by atoms with van der Waals surface area (Å²) in [5.41, 5.74) is 1.69. The number of halogens is 2. The number of nitrogens with one attached hydrogen (secondary N) is 1. The van der Waals surface area contributed by atoms with E-state index in [9.17, 15) is 4.39 Å². The van der Waals surface area contributed by atoms with Crippen LogP contribution in [0.4, 0.5) is 10.1 Å². The average molecular weight is 275 g/mol. The van der Waals surface area contributed by atoms with Crippen LogP contribution in [0, 0.1) is 17.1 Å². The first-order valence-electron chi connectivity index (χ1n) is 5.84. The number of benzene rings is 2. The monoisotopic (exact) mass is 274 g/mol. The highest BCUT2D eigenvalue weighted by Crippen LogP contribution is 2.25. The van der Waals surface area contributed by atoms with Crippen molar-refractivity contribution < 1.29 is 4.39 Å². The fraction of sp³-hybridized carbons (Fsp3) is 0.133. The first-order chi connectivity index (χ1) is 9.20. The molecular formula is C15H12ClFN2. The van der Waals surface area contributed by atoms with Crippen LogP contribution < -0.4 is 5.32 Å². The Morgan fingerprint density at radius 2 is 1.95 bits per heavy atom. The second-order valence-corrected chi connectivity index (χ2v) is 4.51. The summed E-state index contributed by atoms with van der Waals surface area (Å²) in [6.07, 6.45) is 0.318. The molecule has 0 bridgehead atoms. The van der Waals surface area contributed by atoms with Crippen molar-refractivity contribution in [3.63, 3.8) is 0 Å². The molecule has 1 N–H and O–H groups in total. The number of nitriles is 1. The van der Waals surface area contributed by atoms with Crippen molar-refractivity contribution in [2.45, 2.75) is 12.5 Å². The largest absolute Gasteiger partial charge is 0.377 e. The first kappa shape index (κ1) is 13.4. The summed E-state index contributed by atoms with van der Waals surface area (Å²) < 4.78 is 13.1. The lowest BCUT2D eigenvalue weighted by Crippen LogP contribution is -2.10. The summed E-state index contributed by atoms with van der Waals surface area (Å²) in [5, 5.41) is 12.2. The lowest BCUT2D eigenvalue weighted by atomic mass is 10.0. The molecule has 0 aromatic heterocycles. The zero-order valence-electron chi connectivity index (χ0n) is 10.1. The molecular weight excluding hydrogens is 263 g/mol. The van der Waals surface area contributed by atoms with Crippen LogP contribution in [0.3, 0.4) is 0 Å². The standard InChI is InChI=1S/C15H12ClFN2/c16-13-10-12(6-7-14(13)17)19-15(8-9-18)11-4-2-1-3-5-11/h1-7,10,15,19H,8H2. The van der Waals surface area contributed by atoms with E-state index in [-0.39, 0.29) is 11.1 Å². The maximum Gasteiger partial charge on any atom is 0.141 e. The Labute approximate surface area is 116 Å². The molecule has 0 aliphatic heterocycles. The summed E-state index contributed by atoms with van der Waals surface area (Å²) in [6, 6.07) is 16.1. The van der Waals surface area contributed by atoms with Gasteiger partial charge >= 0.3 is 0 Å². The number of rotatable bonds is 4. The van der Waals surface area contributed by atoms with E-state index in [2.05, 4.69) is 11.4 Å². The third kappa shape index (κ3) is 3.46. The summed E-state index contributed by atoms with van der Waals surface area (Å²) in [4.78, 5) is 0. The van der Waals surface area contributed by atoms with E-state index in [0.29, 0.717) is 12.1 Å². The van der Waals surface area contributed by atoms with Crippen LogP contribution in [-0.2, 0) is 0 Å². The summed E-state index contributed by atoms with van der Waals surface area (Å²) in [5.74, 6) is -0.455. The van der Waals surface area contributed by atoms with Crippen LogP contribution in [0.5, 0.6) is 0 Å². The smallest absolute Gasteiger partial charge is 0.141 e. The SMILES string of the molecule is N#CCC(Nc1ccc(F)c(Cl)c1)c1ccccc1. The quantitative estimate of drug-likeness (QED) is 0.888. The zero-order valence-corrected chi connectivity index (χ0v) is 10.9. The fourth-order valence-corrected chi connectivity index (χ4v) is 2.00. The molecule has 0 aliphatic carbocycles. The molecule has 2 nitrogen and oxygen atoms in total. The second-order valence-electron chi connectivity index (χ2n) is 4.10. The lowest BCUT2D eigenvalue weighted by Gasteiger charge is -2.18. The van der Waals surface area contributed by atoms with Crippen LogP contribution >= 0.6 is 11.6 Å². The topological polar surface area (TPSA) is 35.8 Å². The molecule has 1 atom stereocenters. The van der Waals surface area contributed by atoms with E-state index in [1.54, 1.807) is 6.07 Å². The number of anilines is 1. The van der Waals surface area contributed by atoms with Crippen molar-refractivity contribution in [2.75, 3.05) is 5.32 Å². The summed E-state index contributed by atoms with van der Waals surface area (Å²) >= 11 is 5.74. The fourth-order valence-electron chi connectivity index (χ4n) is 1.82. The molecule has 0 radical (unpaired) electrons. The molecule has 0 aliphatic rings. The van der Waals surface area contributed by atoms with Gasteiger partial charge in [0.15, 0.2) is 0 Å². The molecule has 19 heavy (non-hydrogen) atoms. The highest BCUT2D eigenvalue weighted by atomic mass is 35.5. The molecule has 96 valence electrons. The summed E-state index contributed by atoms with van der Waals surface area (Å²) in [6.45, 7) is 0. The highest BCUT2D eigenvalue weighted by Gasteiger charge is 2.11. The number of hydrogen-bond acceptors (Lipinski definition) is 2. The van der Waals surface area contributed by atoms with Crippen LogP contribution in [0.25, 0.3) is 0 Å². The Balaban J connectivity index is 2.22. The molecule has 0 heterocycles. The molecule has 4 heteroatoms. The number of hydrogen-bond donors (Lipinski definition) is 1. The van der Waals surface area contributed by atoms with Gasteiger partial charge in [0, 0.05) is 5.69 Å². The third-order valence-electron chi connectivity index (χ3n) is 2.76. The van der Waals surface area contributed by atoms with Crippen LogP contribution in [0.15, 0.2) is 48.5 Å². The minimum atomic E-state index is -0.455. The molecule has 0 fully saturated rings. The third-order valence-corrected chi connectivity index (χ3v) is 3.05. The van der Waals surface area contributed by atoms with E-state index in [0.717, 1.165) is 5.56 Å². The molecule has 2 rings (SSSR count). The average Bonchev–Trinajstić information content (AvgIpc) is 2.43. The first-order valence-corrected chi connectivity index (χ1v) is 6.22. The van der Waals surface area contributed by atoms with Crippen molar-refractivity contribution in [3.05, 3.63) is 64.9 Å². The van der Waals surface area contributed by atoms with Crippen molar-refractivity contribution in [2.24, 2.45) is 0 Å². The van der Waals surface area contributed by atoms with Gasteiger partial charge in [0.1, 0.15) is 5.82 Å². The maximum atomic E-state index is 13.1. The van der Waals surface area contributed by atoms with E-state index in [1.807, 2.05) is 30.3 Å². The Kier molecular flexibility index (Phi) is 4.38. The van der Waals surface area contributed by atoms with Gasteiger partial charge in [-0.3, -0.25) is 0 Å². The molecule has 0 amide bonds. The van der Waals surface area contributed by atoms with Gasteiger partial charge in [-0.2, -0.15) is 5.26 Å². The van der Waals surface area contributed by atoms with Gasteiger partial charge in [0.2, 0.25) is 0 Å². The van der Waals surface area contributed by atoms with Gasteiger partial charge in [-0.15, -0.1) is 0 Å². The van der Waals surface area contributed by atoms with Gasteiger partial charge in [0.05, 0.1) is 23.6 Å². The zero-order chi connectivity index (χ0) is 13.7. The van der Waals surface area contributed by atoms with Gasteiger partial charge in [-0.05, 0) is 23.8 Å². The number of nitrogens with zero attached hydrogens (tertiary/aromatic N) is 1. The van der Waals surface area contributed by atoms with Crippen molar-refractivity contribution >= 4 is 17.3 Å².